The van der Waals surface area contributed by atoms with Crippen molar-refractivity contribution in [3.63, 3.8) is 0 Å². The highest BCUT2D eigenvalue weighted by atomic mass is 79.9. The maximum Gasteiger partial charge on any atom is 0.307 e. The van der Waals surface area contributed by atoms with Crippen molar-refractivity contribution in [2.45, 2.75) is 19.4 Å². The van der Waals surface area contributed by atoms with Crippen molar-refractivity contribution in [3.05, 3.63) is 12.1 Å². The quantitative estimate of drug-likeness (QED) is 0.698. The summed E-state index contributed by atoms with van der Waals surface area (Å²) in [5.41, 5.74) is 0. The Morgan fingerprint density at radius 2 is 1.94 bits per heavy atom. The zero-order valence-electron chi connectivity index (χ0n) is 8.64. The second kappa shape index (κ2) is 5.79. The van der Waals surface area contributed by atoms with Crippen LogP contribution in [-0.4, -0.2) is 31.2 Å². The van der Waals surface area contributed by atoms with Crippen LogP contribution in [0.3, 0.4) is 0 Å². The summed E-state index contributed by atoms with van der Waals surface area (Å²) >= 11 is 3.14. The van der Waals surface area contributed by atoms with E-state index in [4.69, 9.17) is 5.11 Å². The van der Waals surface area contributed by atoms with Crippen LogP contribution in [-0.2, 0) is 11.3 Å². The Balaban J connectivity index is 2.44. The average Bonchev–Trinajstić information content (AvgIpc) is 2.54. The van der Waals surface area contributed by atoms with Crippen molar-refractivity contribution in [2.24, 2.45) is 5.92 Å². The Labute approximate surface area is 101 Å². The predicted octanol–water partition coefficient (Wildman–Crippen LogP) is 1.78. The number of aromatic hydroxyl groups is 2. The van der Waals surface area contributed by atoms with Crippen LogP contribution in [0.25, 0.3) is 0 Å². The number of nitrogens with zero attached hydrogens (tertiary/aromatic N) is 1. The van der Waals surface area contributed by atoms with E-state index in [1.165, 1.54) is 16.7 Å². The minimum atomic E-state index is -0.835. The summed E-state index contributed by atoms with van der Waals surface area (Å²) in [7, 11) is 0. The molecule has 0 saturated heterocycles. The molecule has 5 nitrogen and oxygen atoms in total. The van der Waals surface area contributed by atoms with Gasteiger partial charge in [0, 0.05) is 24.0 Å². The van der Waals surface area contributed by atoms with Crippen LogP contribution < -0.4 is 0 Å². The van der Waals surface area contributed by atoms with Crippen molar-refractivity contribution < 1.29 is 20.1 Å². The molecule has 6 heteroatoms. The van der Waals surface area contributed by atoms with E-state index in [0.717, 1.165) is 0 Å². The minimum Gasteiger partial charge on any atom is -0.494 e. The zero-order valence-corrected chi connectivity index (χ0v) is 10.2. The Bertz CT molecular complexity index is 344. The topological polar surface area (TPSA) is 82.7 Å². The largest absolute Gasteiger partial charge is 0.494 e. The highest BCUT2D eigenvalue weighted by Crippen LogP contribution is 2.22. The van der Waals surface area contributed by atoms with Crippen LogP contribution in [0.1, 0.15) is 12.8 Å². The second-order valence-electron chi connectivity index (χ2n) is 3.53. The number of aliphatic carboxylic acids is 1. The van der Waals surface area contributed by atoms with Crippen molar-refractivity contribution in [2.75, 3.05) is 5.33 Å². The maximum absolute atomic E-state index is 10.7. The van der Waals surface area contributed by atoms with Gasteiger partial charge in [0.1, 0.15) is 0 Å². The Morgan fingerprint density at radius 1 is 1.38 bits per heavy atom. The lowest BCUT2D eigenvalue weighted by Crippen LogP contribution is -2.15. The first-order valence-corrected chi connectivity index (χ1v) is 6.04. The monoisotopic (exact) mass is 291 g/mol. The van der Waals surface area contributed by atoms with Crippen LogP contribution in [0.5, 0.6) is 11.8 Å². The van der Waals surface area contributed by atoms with E-state index in [-0.39, 0.29) is 11.8 Å². The molecule has 1 atom stereocenters. The molecule has 1 unspecified atom stereocenters. The van der Waals surface area contributed by atoms with E-state index < -0.39 is 11.9 Å². The van der Waals surface area contributed by atoms with E-state index in [0.29, 0.717) is 24.7 Å². The fraction of sp³-hybridized carbons (Fsp3) is 0.500. The molecule has 3 N–H and O–H groups in total. The first-order chi connectivity index (χ1) is 7.56. The lowest BCUT2D eigenvalue weighted by atomic mass is 10.1. The molecule has 1 aromatic rings. The van der Waals surface area contributed by atoms with Gasteiger partial charge >= 0.3 is 5.97 Å². The summed E-state index contributed by atoms with van der Waals surface area (Å²) in [6, 6.07) is 2.79. The molecule has 1 aromatic heterocycles. The molecule has 0 radical (unpaired) electrons. The first-order valence-electron chi connectivity index (χ1n) is 4.92. The summed E-state index contributed by atoms with van der Waals surface area (Å²) in [5, 5.41) is 27.9. The van der Waals surface area contributed by atoms with Gasteiger partial charge in [0.15, 0.2) is 11.8 Å². The smallest absolute Gasteiger partial charge is 0.307 e. The molecule has 0 fully saturated rings. The summed E-state index contributed by atoms with van der Waals surface area (Å²) in [6.45, 7) is 0.404. The third-order valence-corrected chi connectivity index (χ3v) is 3.19. The van der Waals surface area contributed by atoms with Gasteiger partial charge in [0.25, 0.3) is 0 Å². The number of carbonyl (C=O) groups is 1. The molecule has 0 spiro atoms. The number of hydrogen-bond donors (Lipinski definition) is 3. The Kier molecular flexibility index (Phi) is 4.67. The number of carboxylic acid groups (broad SMARTS) is 1. The van der Waals surface area contributed by atoms with Crippen LogP contribution in [0, 0.1) is 5.92 Å². The number of aromatic nitrogens is 1. The summed E-state index contributed by atoms with van der Waals surface area (Å²) in [4.78, 5) is 10.7. The average molecular weight is 292 g/mol. The van der Waals surface area contributed by atoms with Gasteiger partial charge in [-0.15, -0.1) is 0 Å². The summed E-state index contributed by atoms with van der Waals surface area (Å²) < 4.78 is 1.34. The van der Waals surface area contributed by atoms with Gasteiger partial charge in [-0.25, -0.2) is 0 Å². The molecule has 0 aliphatic rings. The predicted molar refractivity (Wildman–Crippen MR) is 61.9 cm³/mol. The molecule has 0 aliphatic carbocycles. The van der Waals surface area contributed by atoms with Crippen LogP contribution in [0.4, 0.5) is 0 Å². The van der Waals surface area contributed by atoms with Gasteiger partial charge in [-0.05, 0) is 12.8 Å². The molecular formula is C10H14BrNO4. The molecular weight excluding hydrogens is 278 g/mol. The zero-order chi connectivity index (χ0) is 12.1. The number of hydrogen-bond acceptors (Lipinski definition) is 3. The van der Waals surface area contributed by atoms with Gasteiger partial charge in [0.2, 0.25) is 0 Å². The van der Waals surface area contributed by atoms with Crippen molar-refractivity contribution in [3.8, 4) is 11.8 Å². The lowest BCUT2D eigenvalue weighted by molar-refractivity contribution is -0.141. The molecule has 0 bridgehead atoms. The minimum absolute atomic E-state index is 0.0109. The van der Waals surface area contributed by atoms with Gasteiger partial charge in [-0.3, -0.25) is 9.36 Å². The van der Waals surface area contributed by atoms with Crippen LogP contribution >= 0.6 is 15.9 Å². The molecule has 0 aliphatic heterocycles. The van der Waals surface area contributed by atoms with Crippen molar-refractivity contribution in [1.82, 2.24) is 4.57 Å². The molecule has 1 heterocycles. The van der Waals surface area contributed by atoms with Gasteiger partial charge in [0.05, 0.1) is 5.92 Å². The first kappa shape index (κ1) is 12.9. The summed E-state index contributed by atoms with van der Waals surface area (Å²) in [6.07, 6.45) is 1.08. The van der Waals surface area contributed by atoms with E-state index in [1.54, 1.807) is 0 Å². The summed E-state index contributed by atoms with van der Waals surface area (Å²) in [5.74, 6) is -1.29. The van der Waals surface area contributed by atoms with E-state index in [9.17, 15) is 15.0 Å². The highest BCUT2D eigenvalue weighted by Gasteiger charge is 2.15. The van der Waals surface area contributed by atoms with Gasteiger partial charge in [-0.1, -0.05) is 15.9 Å². The highest BCUT2D eigenvalue weighted by molar-refractivity contribution is 9.09. The maximum atomic E-state index is 10.7. The Morgan fingerprint density at radius 3 is 2.38 bits per heavy atom. The molecule has 1 rings (SSSR count). The van der Waals surface area contributed by atoms with Crippen molar-refractivity contribution >= 4 is 21.9 Å². The van der Waals surface area contributed by atoms with Gasteiger partial charge in [-0.2, -0.15) is 0 Å². The Hall–Kier alpha value is -1.17. The SMILES string of the molecule is O=C(O)C(CBr)CCCn1c(O)ccc1O. The fourth-order valence-electron chi connectivity index (χ4n) is 1.44. The fourth-order valence-corrected chi connectivity index (χ4v) is 2.04. The number of carboxylic acids is 1. The molecule has 0 saturated carbocycles. The second-order valence-corrected chi connectivity index (χ2v) is 4.18. The number of halogens is 1. The third-order valence-electron chi connectivity index (χ3n) is 2.40. The van der Waals surface area contributed by atoms with E-state index >= 15 is 0 Å². The molecule has 0 aromatic carbocycles. The van der Waals surface area contributed by atoms with Gasteiger partial charge < -0.3 is 15.3 Å². The third kappa shape index (κ3) is 3.16. The standard InChI is InChI=1S/C10H14BrNO4/c11-6-7(10(15)16)2-1-5-12-8(13)3-4-9(12)14/h3-4,7,13-14H,1-2,5-6H2,(H,15,16). The van der Waals surface area contributed by atoms with Crippen LogP contribution in [0.15, 0.2) is 12.1 Å². The van der Waals surface area contributed by atoms with Crippen molar-refractivity contribution in [1.29, 1.82) is 0 Å². The number of alkyl halides is 1. The molecule has 90 valence electrons. The number of rotatable bonds is 6. The van der Waals surface area contributed by atoms with E-state index in [2.05, 4.69) is 15.9 Å². The van der Waals surface area contributed by atoms with Crippen LogP contribution in [0.2, 0.25) is 0 Å². The molecule has 0 amide bonds. The normalized spacial score (nSPS) is 12.6. The lowest BCUT2D eigenvalue weighted by Gasteiger charge is -2.10. The van der Waals surface area contributed by atoms with E-state index in [1.807, 2.05) is 0 Å². The molecule has 16 heavy (non-hydrogen) atoms.